The molecule has 2 nitrogen and oxygen atoms in total. The molecule has 0 heterocycles. The fraction of sp³-hybridized carbons (Fsp3) is 0.667. The van der Waals surface area contributed by atoms with Gasteiger partial charge in [0, 0.05) is 11.5 Å². The molecule has 0 amide bonds. The molecule has 0 aromatic rings. The van der Waals surface area contributed by atoms with Crippen LogP contribution in [0.4, 0.5) is 0 Å². The summed E-state index contributed by atoms with van der Waals surface area (Å²) in [7, 11) is 4.76. The van der Waals surface area contributed by atoms with Crippen molar-refractivity contribution >= 4 is 9.69 Å². The molecule has 56 valence electrons. The van der Waals surface area contributed by atoms with Gasteiger partial charge in [0.2, 0.25) is 0 Å². The third kappa shape index (κ3) is 15.7. The topological polar surface area (TPSA) is 32.3 Å². The molecule has 0 bridgehead atoms. The number of ether oxygens (including phenoxy) is 1. The second-order valence-electron chi connectivity index (χ2n) is 2.59. The minimum atomic E-state index is -0.475. The summed E-state index contributed by atoms with van der Waals surface area (Å²) in [6.45, 7) is 8.47. The maximum atomic E-state index is 10.1. The van der Waals surface area contributed by atoms with Crippen molar-refractivity contribution < 1.29 is 27.2 Å². The molecule has 0 spiro atoms. The quantitative estimate of drug-likeness (QED) is 0.489. The molecule has 0 fully saturated rings. The Hall–Kier alpha value is 0.253. The van der Waals surface area contributed by atoms with E-state index in [2.05, 4.69) is 11.3 Å². The summed E-state index contributed by atoms with van der Waals surface area (Å²) < 4.78 is 4.69. The molecule has 0 rings (SSSR count). The van der Waals surface area contributed by atoms with Crippen molar-refractivity contribution in [3.8, 4) is 0 Å². The molecular weight excluding hydrogens is 205 g/mol. The van der Waals surface area contributed by atoms with Crippen molar-refractivity contribution in [3.05, 3.63) is 12.5 Å². The number of rotatable bonds is 1. The van der Waals surface area contributed by atoms with E-state index in [9.17, 15) is 5.11 Å². The maximum absolute atomic E-state index is 10.1. The molecule has 0 atom stereocenters. The molecule has 0 aromatic carbocycles. The Morgan fingerprint density at radius 3 is 1.80 bits per heavy atom. The van der Waals surface area contributed by atoms with Gasteiger partial charge in [0.1, 0.15) is 0 Å². The van der Waals surface area contributed by atoms with Gasteiger partial charge in [-0.25, -0.2) is 0 Å². The Morgan fingerprint density at radius 2 is 1.80 bits per heavy atom. The van der Waals surface area contributed by atoms with Gasteiger partial charge >= 0.3 is 27.0 Å². The Labute approximate surface area is 75.9 Å². The summed E-state index contributed by atoms with van der Waals surface area (Å²) in [5, 5.41) is 10.1. The van der Waals surface area contributed by atoms with E-state index < -0.39 is 11.5 Å². The van der Waals surface area contributed by atoms with Crippen LogP contribution in [0.1, 0.15) is 20.8 Å². The summed E-state index contributed by atoms with van der Waals surface area (Å²) in [6.07, 6.45) is 0. The van der Waals surface area contributed by atoms with Gasteiger partial charge in [-0.15, -0.1) is 0 Å². The second kappa shape index (κ2) is 6.00. The number of halogens is 1. The first-order chi connectivity index (χ1) is 4.42. The van der Waals surface area contributed by atoms with Gasteiger partial charge in [0.25, 0.3) is 0 Å². The van der Waals surface area contributed by atoms with Crippen LogP contribution in [-0.2, 0) is 22.0 Å². The van der Waals surface area contributed by atoms with Crippen molar-refractivity contribution in [1.82, 2.24) is 0 Å². The van der Waals surface area contributed by atoms with Crippen LogP contribution >= 0.6 is 9.69 Å². The van der Waals surface area contributed by atoms with E-state index >= 15 is 0 Å². The van der Waals surface area contributed by atoms with Crippen LogP contribution in [0.3, 0.4) is 0 Å². The Bertz CT molecular complexity index is 98.4. The van der Waals surface area contributed by atoms with Crippen molar-refractivity contribution in [3.63, 3.8) is 0 Å². The van der Waals surface area contributed by atoms with Crippen LogP contribution in [0.2, 0.25) is 0 Å². The molecule has 0 radical (unpaired) electrons. The van der Waals surface area contributed by atoms with Crippen LogP contribution in [0.15, 0.2) is 12.5 Å². The van der Waals surface area contributed by atoms with Gasteiger partial charge in [-0.2, -0.15) is 0 Å². The van der Waals surface area contributed by atoms with Crippen molar-refractivity contribution in [2.24, 2.45) is 0 Å². The predicted octanol–water partition coefficient (Wildman–Crippen LogP) is 1.32. The summed E-state index contributed by atoms with van der Waals surface area (Å²) in [5.41, 5.74) is -0.390. The fourth-order valence-electron chi connectivity index (χ4n) is 0.342. The van der Waals surface area contributed by atoms with E-state index in [-0.39, 0.29) is 0 Å². The van der Waals surface area contributed by atoms with Gasteiger partial charge in [-0.3, -0.25) is 0 Å². The second-order valence-corrected chi connectivity index (χ2v) is 2.59. The summed E-state index contributed by atoms with van der Waals surface area (Å²) in [6, 6.07) is 0. The van der Waals surface area contributed by atoms with Gasteiger partial charge in [0.05, 0.1) is 0 Å². The predicted molar refractivity (Wildman–Crippen MR) is 35.8 cm³/mol. The molecule has 0 aromatic heterocycles. The zero-order chi connectivity index (χ0) is 8.78. The van der Waals surface area contributed by atoms with E-state index in [1.807, 2.05) is 0 Å². The van der Waals surface area contributed by atoms with E-state index in [0.717, 1.165) is 17.3 Å². The Morgan fingerprint density at radius 1 is 1.50 bits per heavy atom. The fourth-order valence-corrected chi connectivity index (χ4v) is 0.342. The molecule has 0 aliphatic rings. The zero-order valence-corrected chi connectivity index (χ0v) is 10.3. The molecule has 0 aliphatic heterocycles. The molecule has 0 unspecified atom stereocenters. The third-order valence-electron chi connectivity index (χ3n) is 0.420. The molecular formula is C6H11ClO2Zn. The molecule has 4 heteroatoms. The Balaban J connectivity index is 0. The van der Waals surface area contributed by atoms with E-state index in [4.69, 9.17) is 9.69 Å². The van der Waals surface area contributed by atoms with Gasteiger partial charge < -0.3 is 9.84 Å². The normalized spacial score (nSPS) is 9.40. The van der Waals surface area contributed by atoms with Crippen LogP contribution in [0.5, 0.6) is 0 Å². The van der Waals surface area contributed by atoms with Crippen molar-refractivity contribution in [1.29, 1.82) is 0 Å². The van der Waals surface area contributed by atoms with Crippen LogP contribution in [-0.4, -0.2) is 5.60 Å². The van der Waals surface area contributed by atoms with Gasteiger partial charge in [0.15, 0.2) is 0 Å². The van der Waals surface area contributed by atoms with Crippen molar-refractivity contribution in [2.45, 2.75) is 26.4 Å². The average Bonchev–Trinajstić information content (AvgIpc) is 1.64. The van der Waals surface area contributed by atoms with Gasteiger partial charge in [-0.05, 0) is 0 Å². The first-order valence-corrected chi connectivity index (χ1v) is 6.63. The number of hydrogen-bond acceptors (Lipinski definition) is 2. The molecule has 0 aliphatic carbocycles. The summed E-state index contributed by atoms with van der Waals surface area (Å²) in [4.78, 5) is 0. The standard InChI is InChI=1S/C6H12O2.ClH.Zn/c1-5(7)8-6(2,3)4;;/h7H,1H2,2-4H3;1H;/q;;+2/p-2. The minimum absolute atomic E-state index is 0.390. The summed E-state index contributed by atoms with van der Waals surface area (Å²) >= 11 is 0.847. The first-order valence-electron chi connectivity index (χ1n) is 2.73. The Kier molecular flexibility index (Phi) is 7.73. The van der Waals surface area contributed by atoms with Gasteiger partial charge in [-0.1, -0.05) is 27.4 Å². The third-order valence-corrected chi connectivity index (χ3v) is 0.420. The van der Waals surface area contributed by atoms with Crippen LogP contribution < -0.4 is 5.11 Å². The van der Waals surface area contributed by atoms with Crippen LogP contribution in [0.25, 0.3) is 0 Å². The molecule has 10 heavy (non-hydrogen) atoms. The van der Waals surface area contributed by atoms with E-state index in [0.29, 0.717) is 0 Å². The number of hydrogen-bond donors (Lipinski definition) is 0. The molecule has 0 saturated carbocycles. The van der Waals surface area contributed by atoms with Crippen LogP contribution in [0, 0.1) is 0 Å². The SMILES string of the molecule is C=C([O-])OC(C)(C)C.[Cl][Zn+]. The monoisotopic (exact) mass is 214 g/mol. The summed E-state index contributed by atoms with van der Waals surface area (Å²) in [5.74, 6) is -0.475. The van der Waals surface area contributed by atoms with E-state index in [1.165, 1.54) is 0 Å². The molecule has 0 N–H and O–H groups in total. The zero-order valence-electron chi connectivity index (χ0n) is 6.61. The average molecular weight is 216 g/mol. The molecule has 0 saturated heterocycles. The van der Waals surface area contributed by atoms with E-state index in [1.54, 1.807) is 20.8 Å². The van der Waals surface area contributed by atoms with Crippen molar-refractivity contribution in [2.75, 3.05) is 0 Å². The first kappa shape index (κ1) is 12.9.